The highest BCUT2D eigenvalue weighted by atomic mass is 35.5. The van der Waals surface area contributed by atoms with Crippen LogP contribution >= 0.6 is 11.6 Å². The van der Waals surface area contributed by atoms with Crippen LogP contribution in [-0.2, 0) is 4.74 Å². The second-order valence-electron chi connectivity index (χ2n) is 3.39. The maximum atomic E-state index is 8.47. The number of aliphatic hydroxyl groups is 3. The first-order valence-corrected chi connectivity index (χ1v) is 4.65. The molecule has 3 N–H and O–H groups in total. The summed E-state index contributed by atoms with van der Waals surface area (Å²) in [4.78, 5) is 0. The minimum atomic E-state index is -0.708. The fourth-order valence-corrected chi connectivity index (χ4v) is 0.485. The van der Waals surface area contributed by atoms with E-state index in [0.29, 0.717) is 12.0 Å². The van der Waals surface area contributed by atoms with Crippen molar-refractivity contribution in [3.63, 3.8) is 0 Å². The van der Waals surface area contributed by atoms with Crippen molar-refractivity contribution in [1.29, 1.82) is 0 Å². The summed E-state index contributed by atoms with van der Waals surface area (Å²) in [6, 6.07) is 0. The molecule has 80 valence electrons. The maximum absolute atomic E-state index is 8.47. The van der Waals surface area contributed by atoms with Crippen molar-refractivity contribution in [2.24, 2.45) is 5.41 Å². The predicted octanol–water partition coefficient (Wildman–Crippen LogP) is -0.406. The Morgan fingerprint density at radius 2 is 1.69 bits per heavy atom. The van der Waals surface area contributed by atoms with E-state index in [1.54, 1.807) is 6.92 Å². The van der Waals surface area contributed by atoms with Crippen molar-refractivity contribution in [1.82, 2.24) is 0 Å². The molecule has 1 heterocycles. The quantitative estimate of drug-likeness (QED) is 0.438. The highest BCUT2D eigenvalue weighted by Crippen LogP contribution is 2.11. The number of halogens is 1. The van der Waals surface area contributed by atoms with Gasteiger partial charge in [0.05, 0.1) is 38.4 Å². The third kappa shape index (κ3) is 6.23. The van der Waals surface area contributed by atoms with E-state index in [2.05, 4.69) is 0 Å². The molecule has 4 nitrogen and oxygen atoms in total. The van der Waals surface area contributed by atoms with Crippen LogP contribution in [0.15, 0.2) is 0 Å². The van der Waals surface area contributed by atoms with Crippen LogP contribution in [0.5, 0.6) is 0 Å². The number of rotatable bonds is 4. The molecular weight excluding hydrogens is 196 g/mol. The number of epoxide rings is 1. The van der Waals surface area contributed by atoms with Gasteiger partial charge in [-0.25, -0.2) is 0 Å². The van der Waals surface area contributed by atoms with Crippen LogP contribution in [0.2, 0.25) is 0 Å². The van der Waals surface area contributed by atoms with Crippen molar-refractivity contribution in [3.05, 3.63) is 0 Å². The van der Waals surface area contributed by atoms with Crippen LogP contribution in [-0.4, -0.2) is 53.7 Å². The first-order chi connectivity index (χ1) is 6.11. The van der Waals surface area contributed by atoms with E-state index >= 15 is 0 Å². The van der Waals surface area contributed by atoms with E-state index in [-0.39, 0.29) is 19.8 Å². The lowest BCUT2D eigenvalue weighted by Gasteiger charge is -2.20. The van der Waals surface area contributed by atoms with Crippen LogP contribution in [0.1, 0.15) is 6.92 Å². The molecule has 1 fully saturated rings. The lowest BCUT2D eigenvalue weighted by Crippen LogP contribution is -2.29. The fourth-order valence-electron chi connectivity index (χ4n) is 0.307. The number of hydrogen-bond acceptors (Lipinski definition) is 4. The molecule has 0 radical (unpaired) electrons. The molecule has 0 spiro atoms. The van der Waals surface area contributed by atoms with Gasteiger partial charge in [0.2, 0.25) is 0 Å². The number of ether oxygens (including phenoxy) is 1. The normalized spacial score (nSPS) is 20.5. The monoisotopic (exact) mass is 212 g/mol. The largest absolute Gasteiger partial charge is 0.396 e. The third-order valence-corrected chi connectivity index (χ3v) is 2.06. The smallest absolute Gasteiger partial charge is 0.0944 e. The van der Waals surface area contributed by atoms with Gasteiger partial charge in [-0.05, 0) is 0 Å². The van der Waals surface area contributed by atoms with Crippen molar-refractivity contribution < 1.29 is 20.1 Å². The zero-order valence-electron chi connectivity index (χ0n) is 7.74. The summed E-state index contributed by atoms with van der Waals surface area (Å²) in [5, 5.41) is 25.4. The Hall–Kier alpha value is 0.130. The third-order valence-electron chi connectivity index (χ3n) is 1.72. The van der Waals surface area contributed by atoms with Gasteiger partial charge < -0.3 is 20.1 Å². The summed E-state index contributed by atoms with van der Waals surface area (Å²) < 4.78 is 4.73. The second kappa shape index (κ2) is 6.56. The van der Waals surface area contributed by atoms with E-state index in [1.807, 2.05) is 0 Å². The standard InChI is InChI=1S/C5H12O3.C3H5ClO/c1-5(2-6,3-7)4-8;4-1-3-2-5-3/h6-8H,2-4H2,1H3;3H,1-2H2. The number of hydrogen-bond donors (Lipinski definition) is 3. The molecule has 13 heavy (non-hydrogen) atoms. The molecular formula is C8H17ClO4. The topological polar surface area (TPSA) is 73.2 Å². The molecule has 5 heteroatoms. The summed E-state index contributed by atoms with van der Waals surface area (Å²) in [6.45, 7) is 1.94. The minimum Gasteiger partial charge on any atom is -0.396 e. The molecule has 0 amide bonds. The molecule has 1 unspecified atom stereocenters. The highest BCUT2D eigenvalue weighted by molar-refractivity contribution is 6.18. The summed E-state index contributed by atoms with van der Waals surface area (Å²) in [6.07, 6.45) is 0.400. The van der Waals surface area contributed by atoms with E-state index in [1.165, 1.54) is 0 Å². The van der Waals surface area contributed by atoms with Gasteiger partial charge in [0.15, 0.2) is 0 Å². The Bertz CT molecular complexity index is 115. The van der Waals surface area contributed by atoms with Gasteiger partial charge in [-0.15, -0.1) is 11.6 Å². The Kier molecular flexibility index (Phi) is 6.63. The van der Waals surface area contributed by atoms with Crippen molar-refractivity contribution in [3.8, 4) is 0 Å². The van der Waals surface area contributed by atoms with Gasteiger partial charge in [-0.3, -0.25) is 0 Å². The molecule has 0 aromatic heterocycles. The lowest BCUT2D eigenvalue weighted by molar-refractivity contribution is 0.0200. The summed E-state index contributed by atoms with van der Waals surface area (Å²) >= 11 is 5.27. The summed E-state index contributed by atoms with van der Waals surface area (Å²) in [7, 11) is 0. The first-order valence-electron chi connectivity index (χ1n) is 4.12. The van der Waals surface area contributed by atoms with E-state index in [4.69, 9.17) is 31.7 Å². The van der Waals surface area contributed by atoms with Crippen LogP contribution in [0, 0.1) is 5.41 Å². The Balaban J connectivity index is 0.000000243. The van der Waals surface area contributed by atoms with E-state index < -0.39 is 5.41 Å². The van der Waals surface area contributed by atoms with Gasteiger partial charge in [-0.2, -0.15) is 0 Å². The highest BCUT2D eigenvalue weighted by Gasteiger charge is 2.20. The molecule has 1 aliphatic rings. The average Bonchev–Trinajstić information content (AvgIpc) is 3.01. The lowest BCUT2D eigenvalue weighted by atomic mass is 9.95. The van der Waals surface area contributed by atoms with Gasteiger partial charge in [0, 0.05) is 5.41 Å². The summed E-state index contributed by atoms with van der Waals surface area (Å²) in [5.41, 5.74) is -0.708. The number of alkyl halides is 1. The van der Waals surface area contributed by atoms with Gasteiger partial charge >= 0.3 is 0 Å². The zero-order valence-corrected chi connectivity index (χ0v) is 8.50. The SMILES string of the molecule is CC(CO)(CO)CO.ClCC1CO1. The summed E-state index contributed by atoms with van der Waals surface area (Å²) in [5.74, 6) is 0.667. The molecule has 0 aliphatic carbocycles. The van der Waals surface area contributed by atoms with Gasteiger partial charge in [0.25, 0.3) is 0 Å². The first kappa shape index (κ1) is 13.1. The predicted molar refractivity (Wildman–Crippen MR) is 49.8 cm³/mol. The molecule has 0 aromatic rings. The Labute approximate surface area is 83.1 Å². The zero-order chi connectivity index (χ0) is 10.3. The van der Waals surface area contributed by atoms with Crippen molar-refractivity contribution in [2.45, 2.75) is 13.0 Å². The minimum absolute atomic E-state index is 0.181. The maximum Gasteiger partial charge on any atom is 0.0944 e. The van der Waals surface area contributed by atoms with Crippen molar-refractivity contribution in [2.75, 3.05) is 32.3 Å². The van der Waals surface area contributed by atoms with Crippen LogP contribution in [0.3, 0.4) is 0 Å². The molecule has 0 bridgehead atoms. The molecule has 0 aromatic carbocycles. The van der Waals surface area contributed by atoms with Crippen LogP contribution in [0.25, 0.3) is 0 Å². The van der Waals surface area contributed by atoms with E-state index in [0.717, 1.165) is 6.61 Å². The average molecular weight is 213 g/mol. The van der Waals surface area contributed by atoms with Crippen LogP contribution in [0.4, 0.5) is 0 Å². The fraction of sp³-hybridized carbons (Fsp3) is 1.00. The Morgan fingerprint density at radius 3 is 1.69 bits per heavy atom. The van der Waals surface area contributed by atoms with Gasteiger partial charge in [-0.1, -0.05) is 6.92 Å². The second-order valence-corrected chi connectivity index (χ2v) is 3.70. The van der Waals surface area contributed by atoms with Gasteiger partial charge in [0.1, 0.15) is 0 Å². The molecule has 1 rings (SSSR count). The molecule has 1 atom stereocenters. The molecule has 1 aliphatic heterocycles. The molecule has 1 saturated heterocycles. The number of aliphatic hydroxyl groups excluding tert-OH is 3. The van der Waals surface area contributed by atoms with E-state index in [9.17, 15) is 0 Å². The Morgan fingerprint density at radius 1 is 1.31 bits per heavy atom. The van der Waals surface area contributed by atoms with Crippen LogP contribution < -0.4 is 0 Å². The van der Waals surface area contributed by atoms with Crippen molar-refractivity contribution >= 4 is 11.6 Å². The molecule has 0 saturated carbocycles.